The van der Waals surface area contributed by atoms with Crippen molar-refractivity contribution in [2.75, 3.05) is 26.0 Å². The van der Waals surface area contributed by atoms with E-state index in [1.54, 1.807) is 6.26 Å². The Hall–Kier alpha value is -2.01. The van der Waals surface area contributed by atoms with Crippen LogP contribution in [0.1, 0.15) is 5.69 Å². The van der Waals surface area contributed by atoms with Gasteiger partial charge < -0.3 is 19.4 Å². The second-order valence-corrected chi connectivity index (χ2v) is 4.13. The fourth-order valence-electron chi connectivity index (χ4n) is 1.52. The number of nitrogens with zero attached hydrogens (tertiary/aromatic N) is 2. The van der Waals surface area contributed by atoms with Crippen LogP contribution in [0.2, 0.25) is 0 Å². The predicted molar refractivity (Wildman–Crippen MR) is 70.1 cm³/mol. The minimum absolute atomic E-state index is 0.260. The normalized spacial score (nSPS) is 10.4. The van der Waals surface area contributed by atoms with Crippen molar-refractivity contribution < 1.29 is 9.15 Å². The molecular formula is C13H17N3O2. The molecule has 1 aromatic heterocycles. The van der Waals surface area contributed by atoms with Crippen LogP contribution in [0.5, 0.6) is 11.8 Å². The number of anilines is 1. The van der Waals surface area contributed by atoms with Gasteiger partial charge in [0, 0.05) is 32.4 Å². The van der Waals surface area contributed by atoms with Crippen LogP contribution in [0.15, 0.2) is 34.9 Å². The molecule has 1 N–H and O–H groups in total. The van der Waals surface area contributed by atoms with E-state index in [0.717, 1.165) is 11.4 Å². The summed E-state index contributed by atoms with van der Waals surface area (Å²) in [5, 5.41) is 3.00. The summed E-state index contributed by atoms with van der Waals surface area (Å²) < 4.78 is 10.8. The Morgan fingerprint density at radius 1 is 1.39 bits per heavy atom. The van der Waals surface area contributed by atoms with Gasteiger partial charge in [-0.05, 0) is 19.2 Å². The molecule has 0 fully saturated rings. The Morgan fingerprint density at radius 2 is 2.22 bits per heavy atom. The zero-order valence-electron chi connectivity index (χ0n) is 10.8. The van der Waals surface area contributed by atoms with Crippen molar-refractivity contribution in [3.05, 3.63) is 36.2 Å². The van der Waals surface area contributed by atoms with Gasteiger partial charge in [0.1, 0.15) is 12.0 Å². The fourth-order valence-corrected chi connectivity index (χ4v) is 1.52. The lowest BCUT2D eigenvalue weighted by Crippen LogP contribution is -2.08. The quantitative estimate of drug-likeness (QED) is 0.878. The molecule has 0 aliphatic rings. The highest BCUT2D eigenvalue weighted by Crippen LogP contribution is 2.24. The molecule has 1 heterocycles. The van der Waals surface area contributed by atoms with Crippen LogP contribution in [0.3, 0.4) is 0 Å². The van der Waals surface area contributed by atoms with Crippen LogP contribution in [-0.2, 0) is 6.54 Å². The van der Waals surface area contributed by atoms with Gasteiger partial charge in [-0.1, -0.05) is 6.07 Å². The number of hydrogen-bond donors (Lipinski definition) is 1. The summed E-state index contributed by atoms with van der Waals surface area (Å²) in [5.74, 6) is 0.707. The van der Waals surface area contributed by atoms with E-state index < -0.39 is 0 Å². The molecule has 0 aliphatic carbocycles. The number of oxazole rings is 1. The van der Waals surface area contributed by atoms with Gasteiger partial charge in [-0.25, -0.2) is 0 Å². The third-order valence-electron chi connectivity index (χ3n) is 2.43. The molecule has 96 valence electrons. The van der Waals surface area contributed by atoms with Crippen molar-refractivity contribution in [3.63, 3.8) is 0 Å². The topological polar surface area (TPSA) is 50.5 Å². The first-order chi connectivity index (χ1) is 8.69. The predicted octanol–water partition coefficient (Wildman–Crippen LogP) is 2.25. The molecule has 18 heavy (non-hydrogen) atoms. The van der Waals surface area contributed by atoms with Gasteiger partial charge in [0.25, 0.3) is 0 Å². The number of rotatable bonds is 5. The van der Waals surface area contributed by atoms with E-state index in [0.29, 0.717) is 12.3 Å². The van der Waals surface area contributed by atoms with E-state index in [9.17, 15) is 0 Å². The van der Waals surface area contributed by atoms with Crippen LogP contribution in [0.25, 0.3) is 0 Å². The third-order valence-corrected chi connectivity index (χ3v) is 2.43. The maximum Gasteiger partial charge on any atom is 0.399 e. The van der Waals surface area contributed by atoms with Crippen molar-refractivity contribution in [2.45, 2.75) is 6.54 Å². The van der Waals surface area contributed by atoms with E-state index >= 15 is 0 Å². The highest BCUT2D eigenvalue weighted by atomic mass is 16.6. The van der Waals surface area contributed by atoms with Gasteiger partial charge in [0.15, 0.2) is 0 Å². The molecule has 0 unspecified atom stereocenters. The van der Waals surface area contributed by atoms with E-state index in [4.69, 9.17) is 9.15 Å². The van der Waals surface area contributed by atoms with Crippen LogP contribution in [0.4, 0.5) is 5.69 Å². The minimum atomic E-state index is 0.260. The van der Waals surface area contributed by atoms with Gasteiger partial charge in [-0.2, -0.15) is 4.98 Å². The lowest BCUT2D eigenvalue weighted by molar-refractivity contribution is 0.331. The molecule has 5 nitrogen and oxygen atoms in total. The largest absolute Gasteiger partial charge is 0.417 e. The number of nitrogens with one attached hydrogen (secondary N) is 1. The molecule has 0 atom stereocenters. The van der Waals surface area contributed by atoms with E-state index in [2.05, 4.69) is 10.3 Å². The molecule has 1 aromatic carbocycles. The van der Waals surface area contributed by atoms with Gasteiger partial charge in [-0.15, -0.1) is 0 Å². The SMILES string of the molecule is CNCc1coc(Oc2cccc(N(C)C)c2)n1. The molecule has 0 bridgehead atoms. The first-order valence-electron chi connectivity index (χ1n) is 5.73. The summed E-state index contributed by atoms with van der Waals surface area (Å²) in [6.07, 6.45) is 1.85. The lowest BCUT2D eigenvalue weighted by atomic mass is 10.3. The summed E-state index contributed by atoms with van der Waals surface area (Å²) in [6.45, 7) is 0.657. The Balaban J connectivity index is 2.10. The summed E-state index contributed by atoms with van der Waals surface area (Å²) in [5.41, 5.74) is 1.88. The van der Waals surface area contributed by atoms with Crippen molar-refractivity contribution >= 4 is 5.69 Å². The summed E-state index contributed by atoms with van der Waals surface area (Å²) in [4.78, 5) is 6.21. The number of ether oxygens (including phenoxy) is 1. The molecule has 2 rings (SSSR count). The monoisotopic (exact) mass is 247 g/mol. The van der Waals surface area contributed by atoms with Crippen LogP contribution in [0, 0.1) is 0 Å². The van der Waals surface area contributed by atoms with Crippen molar-refractivity contribution in [1.29, 1.82) is 0 Å². The Kier molecular flexibility index (Phi) is 3.84. The van der Waals surface area contributed by atoms with Crippen molar-refractivity contribution in [1.82, 2.24) is 10.3 Å². The number of aromatic nitrogens is 1. The van der Waals surface area contributed by atoms with Crippen LogP contribution >= 0.6 is 0 Å². The second kappa shape index (κ2) is 5.55. The summed E-state index contributed by atoms with van der Waals surface area (Å²) in [6, 6.07) is 7.74. The standard InChI is InChI=1S/C13H17N3O2/c1-14-8-10-9-17-13(15-10)18-12-6-4-5-11(7-12)16(2)3/h4-7,9,14H,8H2,1-3H3. The molecule has 0 aliphatic heterocycles. The zero-order valence-corrected chi connectivity index (χ0v) is 10.8. The molecule has 5 heteroatoms. The molecule has 0 saturated carbocycles. The Labute approximate surface area is 106 Å². The Morgan fingerprint density at radius 3 is 2.94 bits per heavy atom. The first kappa shape index (κ1) is 12.4. The molecular weight excluding hydrogens is 230 g/mol. The van der Waals surface area contributed by atoms with E-state index in [1.165, 1.54) is 0 Å². The maximum absolute atomic E-state index is 5.56. The highest BCUT2D eigenvalue weighted by Gasteiger charge is 2.06. The minimum Gasteiger partial charge on any atom is -0.417 e. The zero-order chi connectivity index (χ0) is 13.0. The average Bonchev–Trinajstić information content (AvgIpc) is 2.77. The molecule has 2 aromatic rings. The fraction of sp³-hybridized carbons (Fsp3) is 0.308. The second-order valence-electron chi connectivity index (χ2n) is 4.13. The van der Waals surface area contributed by atoms with Crippen molar-refractivity contribution in [3.8, 4) is 11.8 Å². The average molecular weight is 247 g/mol. The third kappa shape index (κ3) is 3.01. The highest BCUT2D eigenvalue weighted by molar-refractivity contribution is 5.49. The molecule has 0 amide bonds. The lowest BCUT2D eigenvalue weighted by Gasteiger charge is -2.12. The summed E-state index contributed by atoms with van der Waals surface area (Å²) in [7, 11) is 5.82. The first-order valence-corrected chi connectivity index (χ1v) is 5.73. The van der Waals surface area contributed by atoms with Crippen LogP contribution in [-0.4, -0.2) is 26.1 Å². The smallest absolute Gasteiger partial charge is 0.399 e. The van der Waals surface area contributed by atoms with E-state index in [-0.39, 0.29) is 6.08 Å². The Bertz CT molecular complexity index is 508. The van der Waals surface area contributed by atoms with Gasteiger partial charge in [0.05, 0.1) is 5.69 Å². The molecule has 0 saturated heterocycles. The van der Waals surface area contributed by atoms with Gasteiger partial charge in [0.2, 0.25) is 0 Å². The van der Waals surface area contributed by atoms with Gasteiger partial charge in [-0.3, -0.25) is 0 Å². The summed E-state index contributed by atoms with van der Waals surface area (Å²) >= 11 is 0. The van der Waals surface area contributed by atoms with Crippen LogP contribution < -0.4 is 15.0 Å². The molecule has 0 spiro atoms. The maximum atomic E-state index is 5.56. The van der Waals surface area contributed by atoms with Crippen molar-refractivity contribution in [2.24, 2.45) is 0 Å². The number of benzene rings is 1. The van der Waals surface area contributed by atoms with Gasteiger partial charge >= 0.3 is 6.08 Å². The number of hydrogen-bond acceptors (Lipinski definition) is 5. The van der Waals surface area contributed by atoms with E-state index in [1.807, 2.05) is 50.3 Å². The molecule has 0 radical (unpaired) electrons.